The van der Waals surface area contributed by atoms with E-state index in [9.17, 15) is 8.42 Å². The van der Waals surface area contributed by atoms with Gasteiger partial charge in [0.15, 0.2) is 0 Å². The molecule has 20 heavy (non-hydrogen) atoms. The minimum absolute atomic E-state index is 0.322. The van der Waals surface area contributed by atoms with Gasteiger partial charge in [0.2, 0.25) is 10.0 Å². The zero-order chi connectivity index (χ0) is 15.2. The van der Waals surface area contributed by atoms with E-state index < -0.39 is 15.6 Å². The van der Waals surface area contributed by atoms with Crippen LogP contribution in [0.1, 0.15) is 39.7 Å². The highest BCUT2D eigenvalue weighted by molar-refractivity contribution is 7.89. The van der Waals surface area contributed by atoms with Gasteiger partial charge in [0.25, 0.3) is 0 Å². The summed E-state index contributed by atoms with van der Waals surface area (Å²) in [5.41, 5.74) is 0.696. The molecule has 1 aromatic rings. The maximum atomic E-state index is 12.1. The van der Waals surface area contributed by atoms with E-state index in [1.54, 1.807) is 12.1 Å². The fourth-order valence-electron chi connectivity index (χ4n) is 1.89. The van der Waals surface area contributed by atoms with Crippen molar-refractivity contribution >= 4 is 10.0 Å². The largest absolute Gasteiger partial charge is 0.317 e. The van der Waals surface area contributed by atoms with Gasteiger partial charge in [-0.25, -0.2) is 13.1 Å². The van der Waals surface area contributed by atoms with Crippen LogP contribution in [-0.4, -0.2) is 27.0 Å². The molecule has 5 heteroatoms. The number of benzene rings is 1. The first-order chi connectivity index (χ1) is 9.24. The molecular formula is C15H26N2O2S. The summed E-state index contributed by atoms with van der Waals surface area (Å²) >= 11 is 0. The fraction of sp³-hybridized carbons (Fsp3) is 0.600. The summed E-state index contributed by atoms with van der Waals surface area (Å²) in [6, 6.07) is 7.14. The molecule has 0 aliphatic carbocycles. The molecule has 0 spiro atoms. The predicted molar refractivity (Wildman–Crippen MR) is 83.4 cm³/mol. The molecule has 0 bridgehead atoms. The Kier molecular flexibility index (Phi) is 6.17. The summed E-state index contributed by atoms with van der Waals surface area (Å²) in [7, 11) is -3.43. The Hall–Kier alpha value is -0.910. The van der Waals surface area contributed by atoms with Crippen LogP contribution in [0.4, 0.5) is 0 Å². The van der Waals surface area contributed by atoms with Gasteiger partial charge in [-0.15, -0.1) is 0 Å². The summed E-state index contributed by atoms with van der Waals surface area (Å²) in [4.78, 5) is 0.322. The van der Waals surface area contributed by atoms with Crippen molar-refractivity contribution in [2.24, 2.45) is 0 Å². The topological polar surface area (TPSA) is 58.2 Å². The molecule has 0 unspecified atom stereocenters. The van der Waals surface area contributed by atoms with Crippen molar-refractivity contribution in [3.8, 4) is 0 Å². The lowest BCUT2D eigenvalue weighted by atomic mass is 10.1. The molecule has 0 aromatic heterocycles. The van der Waals surface area contributed by atoms with Crippen LogP contribution in [-0.2, 0) is 16.4 Å². The number of hydrogen-bond donors (Lipinski definition) is 2. The second kappa shape index (κ2) is 7.20. The van der Waals surface area contributed by atoms with Gasteiger partial charge in [0.05, 0.1) is 4.90 Å². The highest BCUT2D eigenvalue weighted by Crippen LogP contribution is 2.14. The zero-order valence-electron chi connectivity index (χ0n) is 12.9. The number of hydrogen-bond acceptors (Lipinski definition) is 3. The lowest BCUT2D eigenvalue weighted by Gasteiger charge is -2.20. The molecule has 4 nitrogen and oxygen atoms in total. The van der Waals surface area contributed by atoms with Gasteiger partial charge in [0, 0.05) is 5.54 Å². The quantitative estimate of drug-likeness (QED) is 0.760. The maximum absolute atomic E-state index is 12.1. The van der Waals surface area contributed by atoms with Crippen molar-refractivity contribution in [2.75, 3.05) is 13.1 Å². The monoisotopic (exact) mass is 298 g/mol. The van der Waals surface area contributed by atoms with Crippen molar-refractivity contribution in [1.82, 2.24) is 10.0 Å². The second-order valence-electron chi connectivity index (χ2n) is 5.96. The molecule has 0 heterocycles. The molecule has 1 rings (SSSR count). The second-order valence-corrected chi connectivity index (χ2v) is 7.64. The number of aryl methyl sites for hydroxylation is 1. The van der Waals surface area contributed by atoms with Crippen molar-refractivity contribution in [3.05, 3.63) is 29.8 Å². The van der Waals surface area contributed by atoms with E-state index in [2.05, 4.69) is 17.0 Å². The molecule has 2 N–H and O–H groups in total. The van der Waals surface area contributed by atoms with Gasteiger partial charge in [-0.1, -0.05) is 19.1 Å². The van der Waals surface area contributed by atoms with Crippen LogP contribution in [0.25, 0.3) is 0 Å². The third kappa shape index (κ3) is 6.03. The van der Waals surface area contributed by atoms with Crippen LogP contribution >= 0.6 is 0 Å². The third-order valence-corrected chi connectivity index (χ3v) is 4.52. The van der Waals surface area contributed by atoms with Gasteiger partial charge in [0.1, 0.15) is 0 Å². The first-order valence-electron chi connectivity index (χ1n) is 7.08. The molecule has 0 amide bonds. The number of nitrogens with one attached hydrogen (secondary N) is 2. The predicted octanol–water partition coefficient (Wildman–Crippen LogP) is 2.31. The Morgan fingerprint density at radius 2 is 1.70 bits per heavy atom. The first-order valence-corrected chi connectivity index (χ1v) is 8.56. The normalized spacial score (nSPS) is 12.6. The van der Waals surface area contributed by atoms with Gasteiger partial charge < -0.3 is 5.32 Å². The van der Waals surface area contributed by atoms with Crippen LogP contribution in [0.3, 0.4) is 0 Å². The molecule has 0 saturated carbocycles. The molecule has 0 fully saturated rings. The molecule has 1 aromatic carbocycles. The van der Waals surface area contributed by atoms with E-state index in [-0.39, 0.29) is 0 Å². The third-order valence-electron chi connectivity index (χ3n) is 2.74. The van der Waals surface area contributed by atoms with Gasteiger partial charge in [-0.05, 0) is 64.4 Å². The highest BCUT2D eigenvalue weighted by atomic mass is 32.2. The fourth-order valence-corrected chi connectivity index (χ4v) is 3.31. The summed E-state index contributed by atoms with van der Waals surface area (Å²) in [6.45, 7) is 9.55. The molecule has 0 atom stereocenters. The summed E-state index contributed by atoms with van der Waals surface area (Å²) < 4.78 is 26.9. The van der Waals surface area contributed by atoms with Crippen LogP contribution in [0.2, 0.25) is 0 Å². The number of sulfonamides is 1. The molecule has 0 aliphatic heterocycles. The van der Waals surface area contributed by atoms with E-state index in [4.69, 9.17) is 0 Å². The Labute approximate surface area is 123 Å². The first kappa shape index (κ1) is 17.1. The lowest BCUT2D eigenvalue weighted by molar-refractivity contribution is 0.491. The lowest BCUT2D eigenvalue weighted by Crippen LogP contribution is -2.40. The minimum Gasteiger partial charge on any atom is -0.317 e. The standard InChI is InChI=1S/C15H26N2O2S/c1-5-16-12-6-7-13-8-10-14(11-9-13)20(18,19)17-15(2,3)4/h8-11,16-17H,5-7,12H2,1-4H3. The van der Waals surface area contributed by atoms with Crippen LogP contribution in [0.15, 0.2) is 29.2 Å². The molecular weight excluding hydrogens is 272 g/mol. The molecule has 0 saturated heterocycles. The molecule has 0 aliphatic rings. The summed E-state index contributed by atoms with van der Waals surface area (Å²) in [6.07, 6.45) is 2.01. The summed E-state index contributed by atoms with van der Waals surface area (Å²) in [5.74, 6) is 0. The highest BCUT2D eigenvalue weighted by Gasteiger charge is 2.21. The van der Waals surface area contributed by atoms with Gasteiger partial charge in [-0.2, -0.15) is 0 Å². The smallest absolute Gasteiger partial charge is 0.241 e. The van der Waals surface area contributed by atoms with Crippen LogP contribution in [0.5, 0.6) is 0 Å². The Balaban J connectivity index is 2.66. The average molecular weight is 298 g/mol. The zero-order valence-corrected chi connectivity index (χ0v) is 13.7. The SMILES string of the molecule is CCNCCCc1ccc(S(=O)(=O)NC(C)(C)C)cc1. The van der Waals surface area contributed by atoms with Crippen LogP contribution < -0.4 is 10.0 Å². The van der Waals surface area contributed by atoms with Crippen molar-refractivity contribution < 1.29 is 8.42 Å². The van der Waals surface area contributed by atoms with Crippen molar-refractivity contribution in [1.29, 1.82) is 0 Å². The Morgan fingerprint density at radius 1 is 1.10 bits per heavy atom. The Morgan fingerprint density at radius 3 is 2.20 bits per heavy atom. The Bertz CT molecular complexity index is 502. The van der Waals surface area contributed by atoms with Gasteiger partial charge in [-0.3, -0.25) is 0 Å². The molecule has 0 radical (unpaired) electrons. The van der Waals surface area contributed by atoms with E-state index in [1.807, 2.05) is 32.9 Å². The molecule has 114 valence electrons. The average Bonchev–Trinajstić information content (AvgIpc) is 2.32. The van der Waals surface area contributed by atoms with Crippen LogP contribution in [0, 0.1) is 0 Å². The minimum atomic E-state index is -3.43. The van der Waals surface area contributed by atoms with Gasteiger partial charge >= 0.3 is 0 Å². The summed E-state index contributed by atoms with van der Waals surface area (Å²) in [5, 5.41) is 3.27. The van der Waals surface area contributed by atoms with E-state index >= 15 is 0 Å². The van der Waals surface area contributed by atoms with Crippen molar-refractivity contribution in [3.63, 3.8) is 0 Å². The van der Waals surface area contributed by atoms with Crippen molar-refractivity contribution in [2.45, 2.75) is 51.0 Å². The maximum Gasteiger partial charge on any atom is 0.241 e. The van der Waals surface area contributed by atoms with E-state index in [0.29, 0.717) is 4.90 Å². The van der Waals surface area contributed by atoms with E-state index in [0.717, 1.165) is 31.5 Å². The van der Waals surface area contributed by atoms with E-state index in [1.165, 1.54) is 0 Å². The number of rotatable bonds is 7.